The highest BCUT2D eigenvalue weighted by Crippen LogP contribution is 2.38. The van der Waals surface area contributed by atoms with E-state index in [9.17, 15) is 4.57 Å². The molecule has 2 N–H and O–H groups in total. The van der Waals surface area contributed by atoms with Crippen LogP contribution in [0.25, 0.3) is 0 Å². The molecule has 16 heavy (non-hydrogen) atoms. The summed E-state index contributed by atoms with van der Waals surface area (Å²) in [5, 5.41) is 0. The van der Waals surface area contributed by atoms with Crippen LogP contribution < -0.4 is 0 Å². The SMILES string of the molecule is CCC(CC)(CC)CCCCOP(=O)(O)O. The molecule has 0 saturated heterocycles. The third kappa shape index (κ3) is 6.64. The number of phosphoric ester groups is 1. The van der Waals surface area contributed by atoms with Crippen molar-refractivity contribution in [2.24, 2.45) is 5.41 Å². The monoisotopic (exact) mass is 252 g/mol. The highest BCUT2D eigenvalue weighted by Gasteiger charge is 2.23. The summed E-state index contributed by atoms with van der Waals surface area (Å²) in [5.41, 5.74) is 0.405. The van der Waals surface area contributed by atoms with Crippen LogP contribution in [0.1, 0.15) is 59.3 Å². The highest BCUT2D eigenvalue weighted by atomic mass is 31.2. The van der Waals surface area contributed by atoms with Gasteiger partial charge in [-0.15, -0.1) is 0 Å². The molecule has 5 heteroatoms. The lowest BCUT2D eigenvalue weighted by Crippen LogP contribution is -2.17. The first-order valence-electron chi connectivity index (χ1n) is 6.09. The fourth-order valence-corrected chi connectivity index (χ4v) is 2.43. The molecule has 0 amide bonds. The Morgan fingerprint density at radius 3 is 1.94 bits per heavy atom. The summed E-state index contributed by atoms with van der Waals surface area (Å²) in [4.78, 5) is 17.0. The first-order chi connectivity index (χ1) is 7.39. The average Bonchev–Trinajstić information content (AvgIpc) is 2.23. The second-order valence-corrected chi connectivity index (χ2v) is 5.58. The maximum atomic E-state index is 10.4. The van der Waals surface area contributed by atoms with Crippen LogP contribution in [0.3, 0.4) is 0 Å². The van der Waals surface area contributed by atoms with Crippen molar-refractivity contribution in [2.75, 3.05) is 6.61 Å². The molecule has 0 heterocycles. The fourth-order valence-electron chi connectivity index (χ4n) is 2.07. The molecular weight excluding hydrogens is 227 g/mol. The van der Waals surface area contributed by atoms with Crippen LogP contribution in [0.5, 0.6) is 0 Å². The average molecular weight is 252 g/mol. The van der Waals surface area contributed by atoms with Crippen molar-refractivity contribution >= 4 is 7.82 Å². The van der Waals surface area contributed by atoms with Gasteiger partial charge in [0.2, 0.25) is 0 Å². The van der Waals surface area contributed by atoms with Crippen molar-refractivity contribution in [2.45, 2.75) is 59.3 Å². The van der Waals surface area contributed by atoms with E-state index in [4.69, 9.17) is 9.79 Å². The van der Waals surface area contributed by atoms with Gasteiger partial charge in [-0.2, -0.15) is 0 Å². The van der Waals surface area contributed by atoms with E-state index in [1.165, 1.54) is 19.3 Å². The Morgan fingerprint density at radius 1 is 1.06 bits per heavy atom. The van der Waals surface area contributed by atoms with E-state index in [1.54, 1.807) is 0 Å². The molecule has 0 fully saturated rings. The molecule has 0 spiro atoms. The standard InChI is InChI=1S/C11H25O4P/c1-4-11(5-2,6-3)9-7-8-10-15-16(12,13)14/h4-10H2,1-3H3,(H2,12,13,14). The minimum atomic E-state index is -4.27. The molecule has 0 rings (SSSR count). The molecule has 0 saturated carbocycles. The van der Waals surface area contributed by atoms with Crippen LogP contribution in [0.15, 0.2) is 0 Å². The summed E-state index contributed by atoms with van der Waals surface area (Å²) in [5.74, 6) is 0. The second-order valence-electron chi connectivity index (χ2n) is 4.34. The topological polar surface area (TPSA) is 66.8 Å². The largest absolute Gasteiger partial charge is 0.469 e. The molecule has 0 aromatic carbocycles. The lowest BCUT2D eigenvalue weighted by molar-refractivity contribution is 0.180. The summed E-state index contributed by atoms with van der Waals surface area (Å²) in [6, 6.07) is 0. The van der Waals surface area contributed by atoms with Gasteiger partial charge in [0.1, 0.15) is 0 Å². The van der Waals surface area contributed by atoms with E-state index in [0.29, 0.717) is 11.8 Å². The van der Waals surface area contributed by atoms with Crippen molar-refractivity contribution in [1.29, 1.82) is 0 Å². The molecule has 0 aromatic heterocycles. The lowest BCUT2D eigenvalue weighted by atomic mass is 9.76. The van der Waals surface area contributed by atoms with Gasteiger partial charge >= 0.3 is 7.82 Å². The molecule has 0 aliphatic heterocycles. The summed E-state index contributed by atoms with van der Waals surface area (Å²) >= 11 is 0. The first-order valence-corrected chi connectivity index (χ1v) is 7.62. The van der Waals surface area contributed by atoms with Crippen molar-refractivity contribution in [3.8, 4) is 0 Å². The molecule has 0 unspecified atom stereocenters. The van der Waals surface area contributed by atoms with Gasteiger partial charge in [-0.3, -0.25) is 4.52 Å². The van der Waals surface area contributed by atoms with Gasteiger partial charge in [-0.25, -0.2) is 4.57 Å². The van der Waals surface area contributed by atoms with Gasteiger partial charge < -0.3 is 9.79 Å². The predicted octanol–water partition coefficient (Wildman–Crippen LogP) is 3.48. The molecule has 0 bridgehead atoms. The zero-order valence-electron chi connectivity index (χ0n) is 10.6. The number of hydrogen-bond donors (Lipinski definition) is 2. The summed E-state index contributed by atoms with van der Waals surface area (Å²) in [6.07, 6.45) is 6.29. The molecule has 0 aromatic rings. The van der Waals surface area contributed by atoms with Crippen molar-refractivity contribution in [3.63, 3.8) is 0 Å². The third-order valence-corrected chi connectivity index (χ3v) is 4.13. The van der Waals surface area contributed by atoms with Crippen molar-refractivity contribution < 1.29 is 18.9 Å². The van der Waals surface area contributed by atoms with Crippen LogP contribution in [-0.2, 0) is 9.09 Å². The summed E-state index contributed by atoms with van der Waals surface area (Å²) in [6.45, 7) is 6.77. The molecule has 0 atom stereocenters. The normalized spacial score (nSPS) is 13.1. The molecule has 0 aliphatic rings. The van der Waals surface area contributed by atoms with E-state index < -0.39 is 7.82 Å². The predicted molar refractivity (Wildman–Crippen MR) is 65.2 cm³/mol. The van der Waals surface area contributed by atoms with Gasteiger partial charge in [-0.05, 0) is 18.3 Å². The number of hydrogen-bond acceptors (Lipinski definition) is 2. The fraction of sp³-hybridized carbons (Fsp3) is 1.00. The Kier molecular flexibility index (Phi) is 7.49. The van der Waals surface area contributed by atoms with Gasteiger partial charge in [0.15, 0.2) is 0 Å². The van der Waals surface area contributed by atoms with Gasteiger partial charge in [0, 0.05) is 0 Å². The maximum absolute atomic E-state index is 10.4. The van der Waals surface area contributed by atoms with Gasteiger partial charge in [0.05, 0.1) is 6.61 Å². The van der Waals surface area contributed by atoms with E-state index >= 15 is 0 Å². The van der Waals surface area contributed by atoms with Crippen molar-refractivity contribution in [3.05, 3.63) is 0 Å². The molecule has 4 nitrogen and oxygen atoms in total. The zero-order valence-corrected chi connectivity index (χ0v) is 11.5. The molecule has 0 radical (unpaired) electrons. The van der Waals surface area contributed by atoms with E-state index in [0.717, 1.165) is 12.8 Å². The smallest absolute Gasteiger partial charge is 0.303 e. The Morgan fingerprint density at radius 2 is 1.56 bits per heavy atom. The lowest BCUT2D eigenvalue weighted by Gasteiger charge is -2.30. The molecule has 98 valence electrons. The van der Waals surface area contributed by atoms with Gasteiger partial charge in [0.25, 0.3) is 0 Å². The minimum Gasteiger partial charge on any atom is -0.303 e. The Bertz CT molecular complexity index is 212. The van der Waals surface area contributed by atoms with Crippen LogP contribution in [0.2, 0.25) is 0 Å². The van der Waals surface area contributed by atoms with Crippen LogP contribution in [0, 0.1) is 5.41 Å². The number of rotatable bonds is 9. The Labute approximate surface area is 98.6 Å². The van der Waals surface area contributed by atoms with E-state index in [2.05, 4.69) is 25.3 Å². The van der Waals surface area contributed by atoms with Crippen LogP contribution in [-0.4, -0.2) is 16.4 Å². The molecular formula is C11H25O4P. The first kappa shape index (κ1) is 16.1. The maximum Gasteiger partial charge on any atom is 0.469 e. The third-order valence-electron chi connectivity index (χ3n) is 3.61. The summed E-state index contributed by atoms with van der Waals surface area (Å²) in [7, 11) is -4.27. The summed E-state index contributed by atoms with van der Waals surface area (Å²) < 4.78 is 14.8. The Balaban J connectivity index is 3.76. The Hall–Kier alpha value is 0.110. The van der Waals surface area contributed by atoms with Gasteiger partial charge in [-0.1, -0.05) is 46.5 Å². The van der Waals surface area contributed by atoms with Crippen LogP contribution >= 0.6 is 7.82 Å². The second kappa shape index (κ2) is 7.44. The van der Waals surface area contributed by atoms with E-state index in [-0.39, 0.29) is 6.61 Å². The zero-order chi connectivity index (χ0) is 12.7. The van der Waals surface area contributed by atoms with Crippen LogP contribution in [0.4, 0.5) is 0 Å². The molecule has 0 aliphatic carbocycles. The number of unbranched alkanes of at least 4 members (excludes halogenated alkanes) is 1. The minimum absolute atomic E-state index is 0.150. The highest BCUT2D eigenvalue weighted by molar-refractivity contribution is 7.46. The quantitative estimate of drug-likeness (QED) is 0.487. The van der Waals surface area contributed by atoms with Crippen molar-refractivity contribution in [1.82, 2.24) is 0 Å². The number of phosphoric acid groups is 1. The van der Waals surface area contributed by atoms with E-state index in [1.807, 2.05) is 0 Å².